The first kappa shape index (κ1) is 15.0. The van der Waals surface area contributed by atoms with Crippen molar-refractivity contribution in [3.05, 3.63) is 17.7 Å². The zero-order valence-electron chi connectivity index (χ0n) is 12.7. The lowest BCUT2D eigenvalue weighted by molar-refractivity contribution is 0.147. The molecule has 1 fully saturated rings. The largest absolute Gasteiger partial charge is 0.332 e. The second kappa shape index (κ2) is 5.68. The summed E-state index contributed by atoms with van der Waals surface area (Å²) in [5.74, 6) is 0.857. The van der Waals surface area contributed by atoms with Crippen molar-refractivity contribution in [2.75, 3.05) is 46.0 Å². The van der Waals surface area contributed by atoms with Crippen molar-refractivity contribution in [2.24, 2.45) is 0 Å². The summed E-state index contributed by atoms with van der Waals surface area (Å²) in [4.78, 5) is 9.37. The van der Waals surface area contributed by atoms with Crippen LogP contribution in [0, 0.1) is 0 Å². The van der Waals surface area contributed by atoms with Crippen LogP contribution in [-0.2, 0) is 29.7 Å². The highest BCUT2D eigenvalue weighted by Gasteiger charge is 2.25. The molecule has 0 spiro atoms. The van der Waals surface area contributed by atoms with Crippen LogP contribution in [0.1, 0.15) is 11.5 Å². The topological polar surface area (TPSA) is 61.7 Å². The van der Waals surface area contributed by atoms with Crippen molar-refractivity contribution in [1.82, 2.24) is 23.7 Å². The summed E-state index contributed by atoms with van der Waals surface area (Å²) < 4.78 is 26.8. The molecule has 2 aliphatic rings. The van der Waals surface area contributed by atoms with Gasteiger partial charge in [-0.3, -0.25) is 4.90 Å². The third kappa shape index (κ3) is 3.45. The number of fused-ring (bicyclic) bond motifs is 1. The van der Waals surface area contributed by atoms with Gasteiger partial charge in [-0.25, -0.2) is 13.4 Å². The fraction of sp³-hybridized carbons (Fsp3) is 0.769. The van der Waals surface area contributed by atoms with E-state index >= 15 is 0 Å². The standard InChI is InChI=1S/C13H23N5O2S/c1-15-3-5-16(6-4-15)9-12-10-17-7-8-18(21(2,19)20)11-13(17)14-12/h10H,3-9,11H2,1-2H3. The zero-order chi connectivity index (χ0) is 15.0. The SMILES string of the molecule is CN1CCN(Cc2cn3c(n2)CN(S(C)(=O)=O)CC3)CC1. The summed E-state index contributed by atoms with van der Waals surface area (Å²) in [5.41, 5.74) is 1.05. The van der Waals surface area contributed by atoms with Gasteiger partial charge in [0.15, 0.2) is 0 Å². The Balaban J connectivity index is 1.66. The molecule has 7 nitrogen and oxygen atoms in total. The third-order valence-corrected chi connectivity index (χ3v) is 5.52. The maximum absolute atomic E-state index is 11.6. The van der Waals surface area contributed by atoms with E-state index < -0.39 is 10.0 Å². The highest BCUT2D eigenvalue weighted by Crippen LogP contribution is 2.16. The van der Waals surface area contributed by atoms with Crippen LogP contribution in [0.15, 0.2) is 6.20 Å². The number of hydrogen-bond acceptors (Lipinski definition) is 5. The Kier molecular flexibility index (Phi) is 4.04. The molecular weight excluding hydrogens is 290 g/mol. The second-order valence-electron chi connectivity index (χ2n) is 6.02. The van der Waals surface area contributed by atoms with E-state index in [0.717, 1.165) is 44.2 Å². The Morgan fingerprint density at radius 1 is 1.14 bits per heavy atom. The summed E-state index contributed by atoms with van der Waals surface area (Å²) in [6, 6.07) is 0. The quantitative estimate of drug-likeness (QED) is 0.746. The summed E-state index contributed by atoms with van der Waals surface area (Å²) in [7, 11) is -0.983. The van der Waals surface area contributed by atoms with E-state index in [1.54, 1.807) is 0 Å². The van der Waals surface area contributed by atoms with Gasteiger partial charge < -0.3 is 9.47 Å². The Bertz CT molecular complexity index is 604. The van der Waals surface area contributed by atoms with E-state index in [0.29, 0.717) is 19.6 Å². The summed E-state index contributed by atoms with van der Waals surface area (Å²) in [6.07, 6.45) is 3.34. The van der Waals surface area contributed by atoms with Crippen molar-refractivity contribution in [3.63, 3.8) is 0 Å². The molecule has 0 N–H and O–H groups in total. The fourth-order valence-electron chi connectivity index (χ4n) is 2.88. The van der Waals surface area contributed by atoms with E-state index in [9.17, 15) is 8.42 Å². The highest BCUT2D eigenvalue weighted by molar-refractivity contribution is 7.88. The Morgan fingerprint density at radius 2 is 1.86 bits per heavy atom. The van der Waals surface area contributed by atoms with Gasteiger partial charge >= 0.3 is 0 Å². The summed E-state index contributed by atoms with van der Waals surface area (Å²) in [5, 5.41) is 0. The number of rotatable bonds is 3. The molecule has 3 rings (SSSR count). The van der Waals surface area contributed by atoms with Crippen molar-refractivity contribution in [2.45, 2.75) is 19.6 Å². The Morgan fingerprint density at radius 3 is 2.52 bits per heavy atom. The minimum atomic E-state index is -3.13. The van der Waals surface area contributed by atoms with Crippen LogP contribution in [0.4, 0.5) is 0 Å². The van der Waals surface area contributed by atoms with Gasteiger partial charge in [0.1, 0.15) is 5.82 Å². The van der Waals surface area contributed by atoms with Crippen LogP contribution < -0.4 is 0 Å². The van der Waals surface area contributed by atoms with Gasteiger partial charge in [-0.2, -0.15) is 4.31 Å². The zero-order valence-corrected chi connectivity index (χ0v) is 13.5. The Hall–Kier alpha value is -0.960. The molecule has 118 valence electrons. The fourth-order valence-corrected chi connectivity index (χ4v) is 3.65. The van der Waals surface area contributed by atoms with Gasteiger partial charge in [0, 0.05) is 52.0 Å². The van der Waals surface area contributed by atoms with E-state index in [1.807, 2.05) is 0 Å². The first-order chi connectivity index (χ1) is 9.91. The van der Waals surface area contributed by atoms with Crippen molar-refractivity contribution in [1.29, 1.82) is 0 Å². The predicted octanol–water partition coefficient (Wildman–Crippen LogP) is -0.594. The first-order valence-corrected chi connectivity index (χ1v) is 9.17. The molecule has 0 radical (unpaired) electrons. The number of nitrogens with zero attached hydrogens (tertiary/aromatic N) is 5. The van der Waals surface area contributed by atoms with Gasteiger partial charge in [0.2, 0.25) is 10.0 Å². The lowest BCUT2D eigenvalue weighted by Gasteiger charge is -2.31. The molecule has 0 saturated carbocycles. The molecule has 2 aliphatic heterocycles. The summed E-state index contributed by atoms with van der Waals surface area (Å²) in [6.45, 7) is 6.79. The number of aromatic nitrogens is 2. The molecule has 0 amide bonds. The highest BCUT2D eigenvalue weighted by atomic mass is 32.2. The van der Waals surface area contributed by atoms with Crippen LogP contribution in [0.5, 0.6) is 0 Å². The molecule has 1 aromatic heterocycles. The van der Waals surface area contributed by atoms with Crippen LogP contribution in [0.2, 0.25) is 0 Å². The maximum Gasteiger partial charge on any atom is 0.211 e. The molecule has 1 saturated heterocycles. The van der Waals surface area contributed by atoms with Crippen molar-refractivity contribution >= 4 is 10.0 Å². The molecule has 0 aromatic carbocycles. The van der Waals surface area contributed by atoms with Crippen LogP contribution in [-0.4, -0.2) is 78.1 Å². The second-order valence-corrected chi connectivity index (χ2v) is 8.00. The van der Waals surface area contributed by atoms with Crippen LogP contribution >= 0.6 is 0 Å². The van der Waals surface area contributed by atoms with Gasteiger partial charge in [-0.05, 0) is 7.05 Å². The smallest absolute Gasteiger partial charge is 0.211 e. The van der Waals surface area contributed by atoms with E-state index in [-0.39, 0.29) is 0 Å². The van der Waals surface area contributed by atoms with Crippen molar-refractivity contribution < 1.29 is 8.42 Å². The summed E-state index contributed by atoms with van der Waals surface area (Å²) >= 11 is 0. The molecule has 0 unspecified atom stereocenters. The number of piperazine rings is 1. The third-order valence-electron chi connectivity index (χ3n) is 4.27. The van der Waals surface area contributed by atoms with Gasteiger partial charge in [0.05, 0.1) is 18.5 Å². The monoisotopic (exact) mass is 313 g/mol. The molecule has 0 atom stereocenters. The van der Waals surface area contributed by atoms with E-state index in [2.05, 4.69) is 32.6 Å². The van der Waals surface area contributed by atoms with E-state index in [4.69, 9.17) is 0 Å². The average Bonchev–Trinajstić information content (AvgIpc) is 2.81. The molecule has 3 heterocycles. The van der Waals surface area contributed by atoms with Crippen LogP contribution in [0.25, 0.3) is 0 Å². The number of hydrogen-bond donors (Lipinski definition) is 0. The lowest BCUT2D eigenvalue weighted by Crippen LogP contribution is -2.43. The number of likely N-dealkylation sites (N-methyl/N-ethyl adjacent to an activating group) is 1. The molecule has 1 aromatic rings. The Labute approximate surface area is 126 Å². The van der Waals surface area contributed by atoms with Gasteiger partial charge in [-0.1, -0.05) is 0 Å². The van der Waals surface area contributed by atoms with E-state index in [1.165, 1.54) is 10.6 Å². The van der Waals surface area contributed by atoms with Crippen LogP contribution in [0.3, 0.4) is 0 Å². The lowest BCUT2D eigenvalue weighted by atomic mass is 10.3. The van der Waals surface area contributed by atoms with Gasteiger partial charge in [-0.15, -0.1) is 0 Å². The number of imidazole rings is 1. The number of sulfonamides is 1. The minimum absolute atomic E-state index is 0.390. The molecule has 0 bridgehead atoms. The first-order valence-electron chi connectivity index (χ1n) is 7.33. The molecule has 8 heteroatoms. The predicted molar refractivity (Wildman–Crippen MR) is 80.3 cm³/mol. The normalized spacial score (nSPS) is 22.4. The average molecular weight is 313 g/mol. The van der Waals surface area contributed by atoms with Crippen molar-refractivity contribution in [3.8, 4) is 0 Å². The maximum atomic E-state index is 11.6. The molecular formula is C13H23N5O2S. The molecule has 0 aliphatic carbocycles. The minimum Gasteiger partial charge on any atom is -0.332 e. The van der Waals surface area contributed by atoms with Gasteiger partial charge in [0.25, 0.3) is 0 Å². The molecule has 21 heavy (non-hydrogen) atoms.